The van der Waals surface area contributed by atoms with Crippen LogP contribution in [0.25, 0.3) is 0 Å². The number of nitrogens with zero attached hydrogens (tertiary/aromatic N) is 1. The van der Waals surface area contributed by atoms with Gasteiger partial charge in [-0.3, -0.25) is 4.79 Å². The van der Waals surface area contributed by atoms with Crippen molar-refractivity contribution in [3.8, 4) is 5.75 Å². The normalized spacial score (nSPS) is 12.0. The monoisotopic (exact) mass is 305 g/mol. The molecule has 112 valence electrons. The van der Waals surface area contributed by atoms with E-state index in [0.717, 1.165) is 16.3 Å². The Bertz CT molecular complexity index is 612. The Labute approximate surface area is 128 Å². The van der Waals surface area contributed by atoms with Crippen molar-refractivity contribution in [2.75, 3.05) is 7.11 Å². The average Bonchev–Trinajstić information content (AvgIpc) is 2.96. The second kappa shape index (κ2) is 7.19. The molecule has 0 bridgehead atoms. The Morgan fingerprint density at radius 3 is 2.90 bits per heavy atom. The van der Waals surface area contributed by atoms with Gasteiger partial charge in [-0.25, -0.2) is 4.98 Å². The number of methoxy groups -OCH3 is 1. The van der Waals surface area contributed by atoms with Gasteiger partial charge in [0, 0.05) is 18.0 Å². The molecule has 1 aromatic carbocycles. The lowest BCUT2D eigenvalue weighted by Gasteiger charge is -2.15. The minimum atomic E-state index is -0.173. The Balaban J connectivity index is 1.97. The molecule has 6 heteroatoms. The third kappa shape index (κ3) is 4.03. The van der Waals surface area contributed by atoms with Gasteiger partial charge in [-0.05, 0) is 25.0 Å². The first-order valence-electron chi connectivity index (χ1n) is 6.71. The third-order valence-electron chi connectivity index (χ3n) is 3.06. The van der Waals surface area contributed by atoms with E-state index in [1.807, 2.05) is 31.2 Å². The lowest BCUT2D eigenvalue weighted by atomic mass is 10.1. The lowest BCUT2D eigenvalue weighted by molar-refractivity contribution is 0.0935. The lowest BCUT2D eigenvalue weighted by Crippen LogP contribution is -2.34. The van der Waals surface area contributed by atoms with Crippen molar-refractivity contribution in [2.24, 2.45) is 5.73 Å². The van der Waals surface area contributed by atoms with Gasteiger partial charge in [0.2, 0.25) is 0 Å². The molecule has 0 aliphatic heterocycles. The molecule has 0 saturated carbocycles. The molecule has 0 spiro atoms. The van der Waals surface area contributed by atoms with Crippen molar-refractivity contribution in [1.82, 2.24) is 10.3 Å². The van der Waals surface area contributed by atoms with E-state index in [9.17, 15) is 4.79 Å². The van der Waals surface area contributed by atoms with Crippen LogP contribution in [0.4, 0.5) is 0 Å². The molecule has 2 rings (SSSR count). The molecule has 21 heavy (non-hydrogen) atoms. The van der Waals surface area contributed by atoms with Crippen LogP contribution in [0.5, 0.6) is 5.75 Å². The summed E-state index contributed by atoms with van der Waals surface area (Å²) >= 11 is 1.40. The fraction of sp³-hybridized carbons (Fsp3) is 0.333. The van der Waals surface area contributed by atoms with E-state index in [0.29, 0.717) is 18.7 Å². The highest BCUT2D eigenvalue weighted by molar-refractivity contribution is 7.09. The van der Waals surface area contributed by atoms with E-state index in [1.165, 1.54) is 11.3 Å². The smallest absolute Gasteiger partial charge is 0.270 e. The number of amides is 1. The van der Waals surface area contributed by atoms with Crippen LogP contribution >= 0.6 is 11.3 Å². The van der Waals surface area contributed by atoms with Crippen LogP contribution < -0.4 is 15.8 Å². The molecule has 1 atom stereocenters. The summed E-state index contributed by atoms with van der Waals surface area (Å²) in [7, 11) is 1.64. The average molecular weight is 305 g/mol. The van der Waals surface area contributed by atoms with Crippen molar-refractivity contribution in [3.63, 3.8) is 0 Å². The number of para-hydroxylation sites is 1. The van der Waals surface area contributed by atoms with Crippen LogP contribution in [0.15, 0.2) is 29.6 Å². The molecule has 1 heterocycles. The van der Waals surface area contributed by atoms with Gasteiger partial charge in [0.05, 0.1) is 7.11 Å². The molecule has 1 aromatic heterocycles. The van der Waals surface area contributed by atoms with Gasteiger partial charge in [0.25, 0.3) is 5.91 Å². The van der Waals surface area contributed by atoms with E-state index >= 15 is 0 Å². The van der Waals surface area contributed by atoms with Crippen LogP contribution in [0.1, 0.15) is 28.0 Å². The summed E-state index contributed by atoms with van der Waals surface area (Å²) in [5.74, 6) is 0.658. The molecule has 0 radical (unpaired) electrons. The molecular weight excluding hydrogens is 286 g/mol. The minimum Gasteiger partial charge on any atom is -0.496 e. The molecule has 0 saturated heterocycles. The van der Waals surface area contributed by atoms with Gasteiger partial charge < -0.3 is 15.8 Å². The maximum atomic E-state index is 12.1. The largest absolute Gasteiger partial charge is 0.496 e. The molecule has 1 unspecified atom stereocenters. The first kappa shape index (κ1) is 15.5. The summed E-state index contributed by atoms with van der Waals surface area (Å²) in [6.07, 6.45) is 0.698. The zero-order chi connectivity index (χ0) is 15.2. The van der Waals surface area contributed by atoms with E-state index < -0.39 is 0 Å². The van der Waals surface area contributed by atoms with Gasteiger partial charge in [-0.2, -0.15) is 0 Å². The van der Waals surface area contributed by atoms with Gasteiger partial charge in [-0.1, -0.05) is 18.2 Å². The Morgan fingerprint density at radius 1 is 1.48 bits per heavy atom. The van der Waals surface area contributed by atoms with E-state index in [2.05, 4.69) is 10.3 Å². The summed E-state index contributed by atoms with van der Waals surface area (Å²) in [6.45, 7) is 2.31. The SMILES string of the molecule is COc1ccccc1CC(C)NC(=O)c1csc(CN)n1. The number of ether oxygens (including phenoxy) is 1. The molecule has 0 aliphatic carbocycles. The zero-order valence-corrected chi connectivity index (χ0v) is 12.9. The number of carbonyl (C=O) groups excluding carboxylic acids is 1. The van der Waals surface area contributed by atoms with Crippen LogP contribution in [-0.2, 0) is 13.0 Å². The van der Waals surface area contributed by atoms with Crippen LogP contribution in [0.3, 0.4) is 0 Å². The number of benzene rings is 1. The van der Waals surface area contributed by atoms with Crippen LogP contribution in [-0.4, -0.2) is 24.0 Å². The summed E-state index contributed by atoms with van der Waals surface area (Å²) in [5, 5.41) is 5.43. The summed E-state index contributed by atoms with van der Waals surface area (Å²) < 4.78 is 5.32. The Morgan fingerprint density at radius 2 is 2.24 bits per heavy atom. The minimum absolute atomic E-state index is 0.0168. The highest BCUT2D eigenvalue weighted by Gasteiger charge is 2.14. The van der Waals surface area contributed by atoms with E-state index in [4.69, 9.17) is 10.5 Å². The number of hydrogen-bond acceptors (Lipinski definition) is 5. The summed E-state index contributed by atoms with van der Waals surface area (Å²) in [4.78, 5) is 16.3. The third-order valence-corrected chi connectivity index (χ3v) is 3.93. The van der Waals surface area contributed by atoms with Crippen molar-refractivity contribution in [2.45, 2.75) is 25.9 Å². The number of nitrogens with one attached hydrogen (secondary N) is 1. The number of hydrogen-bond donors (Lipinski definition) is 2. The highest BCUT2D eigenvalue weighted by atomic mass is 32.1. The van der Waals surface area contributed by atoms with Gasteiger partial charge in [0.1, 0.15) is 16.5 Å². The number of nitrogens with two attached hydrogens (primary N) is 1. The molecule has 0 aliphatic rings. The van der Waals surface area contributed by atoms with Crippen LogP contribution in [0.2, 0.25) is 0 Å². The number of aromatic nitrogens is 1. The van der Waals surface area contributed by atoms with Crippen molar-refractivity contribution in [3.05, 3.63) is 45.9 Å². The maximum Gasteiger partial charge on any atom is 0.270 e. The standard InChI is InChI=1S/C15H19N3O2S/c1-10(7-11-5-3-4-6-13(11)20-2)17-15(19)12-9-21-14(8-16)18-12/h3-6,9-10H,7-8,16H2,1-2H3,(H,17,19). The second-order valence-corrected chi connectivity index (χ2v) is 5.66. The predicted molar refractivity (Wildman–Crippen MR) is 83.6 cm³/mol. The van der Waals surface area contributed by atoms with Gasteiger partial charge in [0.15, 0.2) is 0 Å². The maximum absolute atomic E-state index is 12.1. The molecule has 2 aromatic rings. The van der Waals surface area contributed by atoms with Gasteiger partial charge in [-0.15, -0.1) is 11.3 Å². The first-order valence-corrected chi connectivity index (χ1v) is 7.59. The van der Waals surface area contributed by atoms with Gasteiger partial charge >= 0.3 is 0 Å². The van der Waals surface area contributed by atoms with E-state index in [1.54, 1.807) is 12.5 Å². The van der Waals surface area contributed by atoms with Crippen molar-refractivity contribution in [1.29, 1.82) is 0 Å². The molecular formula is C15H19N3O2S. The zero-order valence-electron chi connectivity index (χ0n) is 12.1. The number of thiazole rings is 1. The Hall–Kier alpha value is -1.92. The second-order valence-electron chi connectivity index (χ2n) is 4.72. The fourth-order valence-corrected chi connectivity index (χ4v) is 2.71. The van der Waals surface area contributed by atoms with Crippen molar-refractivity contribution >= 4 is 17.2 Å². The molecule has 1 amide bonds. The van der Waals surface area contributed by atoms with E-state index in [-0.39, 0.29) is 11.9 Å². The summed E-state index contributed by atoms with van der Waals surface area (Å²) in [5.41, 5.74) is 6.99. The number of rotatable bonds is 6. The number of carbonyl (C=O) groups is 1. The Kier molecular flexibility index (Phi) is 5.30. The molecule has 0 fully saturated rings. The predicted octanol–water partition coefficient (Wildman–Crippen LogP) is 1.97. The highest BCUT2D eigenvalue weighted by Crippen LogP contribution is 2.19. The molecule has 5 nitrogen and oxygen atoms in total. The molecule has 3 N–H and O–H groups in total. The quantitative estimate of drug-likeness (QED) is 0.855. The topological polar surface area (TPSA) is 77.2 Å². The van der Waals surface area contributed by atoms with Crippen LogP contribution in [0, 0.1) is 0 Å². The fourth-order valence-electron chi connectivity index (χ4n) is 2.06. The first-order chi connectivity index (χ1) is 10.1. The summed E-state index contributed by atoms with van der Waals surface area (Å²) in [6, 6.07) is 7.78. The van der Waals surface area contributed by atoms with Crippen molar-refractivity contribution < 1.29 is 9.53 Å².